The third-order valence-electron chi connectivity index (χ3n) is 3.28. The average Bonchev–Trinajstić information content (AvgIpc) is 2.38. The van der Waals surface area contributed by atoms with E-state index in [1.807, 2.05) is 25.9 Å². The second kappa shape index (κ2) is 7.63. The summed E-state index contributed by atoms with van der Waals surface area (Å²) in [5, 5.41) is 3.12. The van der Waals surface area contributed by atoms with Gasteiger partial charge in [-0.1, -0.05) is 0 Å². The average molecular weight is 243 g/mol. The van der Waals surface area contributed by atoms with Gasteiger partial charge in [0.15, 0.2) is 0 Å². The second-order valence-corrected chi connectivity index (χ2v) is 4.55. The van der Waals surface area contributed by atoms with Crippen molar-refractivity contribution in [1.82, 2.24) is 15.1 Å². The van der Waals surface area contributed by atoms with Crippen LogP contribution < -0.4 is 5.32 Å². The van der Waals surface area contributed by atoms with E-state index in [-0.39, 0.29) is 11.9 Å². The van der Waals surface area contributed by atoms with Crippen LogP contribution in [0.25, 0.3) is 0 Å². The molecule has 0 saturated carbocycles. The molecule has 1 fully saturated rings. The lowest BCUT2D eigenvalue weighted by Crippen LogP contribution is -2.49. The number of ether oxygens (including phenoxy) is 1. The third kappa shape index (κ3) is 4.61. The molecule has 0 aromatic rings. The van der Waals surface area contributed by atoms with Crippen LogP contribution in [-0.2, 0) is 9.53 Å². The number of morpholine rings is 1. The van der Waals surface area contributed by atoms with Crippen LogP contribution in [0.3, 0.4) is 0 Å². The second-order valence-electron chi connectivity index (χ2n) is 4.55. The number of nitrogens with one attached hydrogen (secondary N) is 1. The van der Waals surface area contributed by atoms with Crippen molar-refractivity contribution in [3.63, 3.8) is 0 Å². The summed E-state index contributed by atoms with van der Waals surface area (Å²) in [6, 6.07) is -0.0371. The van der Waals surface area contributed by atoms with E-state index in [2.05, 4.69) is 10.2 Å². The quantitative estimate of drug-likeness (QED) is 0.655. The number of likely N-dealkylation sites (N-methyl/N-ethyl adjacent to an activating group) is 1. The Balaban J connectivity index is 2.33. The van der Waals surface area contributed by atoms with Gasteiger partial charge >= 0.3 is 0 Å². The number of nitrogens with zero attached hydrogens (tertiary/aromatic N) is 2. The van der Waals surface area contributed by atoms with Crippen molar-refractivity contribution in [2.75, 3.05) is 53.5 Å². The highest BCUT2D eigenvalue weighted by molar-refractivity contribution is 5.81. The van der Waals surface area contributed by atoms with Crippen LogP contribution in [0.4, 0.5) is 0 Å². The first-order chi connectivity index (χ1) is 8.16. The minimum Gasteiger partial charge on any atom is -0.378 e. The molecule has 0 radical (unpaired) electrons. The van der Waals surface area contributed by atoms with Crippen molar-refractivity contribution >= 4 is 5.91 Å². The van der Waals surface area contributed by atoms with Crippen LogP contribution >= 0.6 is 0 Å². The number of amides is 1. The van der Waals surface area contributed by atoms with E-state index >= 15 is 0 Å². The maximum absolute atomic E-state index is 12.2. The van der Waals surface area contributed by atoms with Crippen molar-refractivity contribution in [3.8, 4) is 0 Å². The largest absolute Gasteiger partial charge is 0.378 e. The molecular weight excluding hydrogens is 218 g/mol. The highest BCUT2D eigenvalue weighted by Crippen LogP contribution is 2.05. The molecule has 1 aliphatic rings. The van der Waals surface area contributed by atoms with Gasteiger partial charge in [0.2, 0.25) is 5.91 Å². The van der Waals surface area contributed by atoms with Gasteiger partial charge in [-0.15, -0.1) is 0 Å². The molecule has 0 aliphatic carbocycles. The van der Waals surface area contributed by atoms with Gasteiger partial charge in [-0.2, -0.15) is 0 Å². The molecule has 1 N–H and O–H groups in total. The minimum absolute atomic E-state index is 0.0371. The molecule has 1 amide bonds. The van der Waals surface area contributed by atoms with Crippen molar-refractivity contribution in [1.29, 1.82) is 0 Å². The molecule has 0 aromatic heterocycles. The summed E-state index contributed by atoms with van der Waals surface area (Å²) in [6.07, 6.45) is 1.06. The zero-order valence-electron chi connectivity index (χ0n) is 11.2. The fraction of sp³-hybridized carbons (Fsp3) is 0.917. The van der Waals surface area contributed by atoms with Crippen LogP contribution in [-0.4, -0.2) is 75.2 Å². The Hall–Kier alpha value is -0.650. The maximum atomic E-state index is 12.2. The summed E-state index contributed by atoms with van der Waals surface area (Å²) < 4.78 is 5.25. The number of hydrogen-bond donors (Lipinski definition) is 1. The van der Waals surface area contributed by atoms with Gasteiger partial charge in [0.25, 0.3) is 0 Å². The predicted octanol–water partition coefficient (Wildman–Crippen LogP) is -0.225. The number of rotatable bonds is 6. The summed E-state index contributed by atoms with van der Waals surface area (Å²) in [5.74, 6) is 0.222. The molecule has 1 heterocycles. The van der Waals surface area contributed by atoms with Gasteiger partial charge in [-0.05, 0) is 40.5 Å². The van der Waals surface area contributed by atoms with Crippen LogP contribution in [0.1, 0.15) is 13.3 Å². The van der Waals surface area contributed by atoms with Gasteiger partial charge in [-0.3, -0.25) is 9.69 Å². The molecule has 1 aliphatic heterocycles. The van der Waals surface area contributed by atoms with Crippen LogP contribution in [0.5, 0.6) is 0 Å². The zero-order chi connectivity index (χ0) is 12.7. The lowest BCUT2D eigenvalue weighted by atomic mass is 10.2. The smallest absolute Gasteiger partial charge is 0.239 e. The Bertz CT molecular complexity index is 230. The molecule has 100 valence electrons. The van der Waals surface area contributed by atoms with Crippen molar-refractivity contribution < 1.29 is 9.53 Å². The van der Waals surface area contributed by atoms with Crippen LogP contribution in [0, 0.1) is 0 Å². The lowest BCUT2D eigenvalue weighted by Gasteiger charge is -2.32. The standard InChI is InChI=1S/C12H25N3O2/c1-11(14(3)6-4-5-13-2)12(16)15-7-9-17-10-8-15/h11,13H,4-10H2,1-3H3. The topological polar surface area (TPSA) is 44.8 Å². The lowest BCUT2D eigenvalue weighted by molar-refractivity contribution is -0.140. The monoisotopic (exact) mass is 243 g/mol. The molecule has 1 unspecified atom stereocenters. The Morgan fingerprint density at radius 2 is 2.12 bits per heavy atom. The molecule has 5 heteroatoms. The number of hydrogen-bond acceptors (Lipinski definition) is 4. The van der Waals surface area contributed by atoms with Crippen molar-refractivity contribution in [3.05, 3.63) is 0 Å². The summed E-state index contributed by atoms with van der Waals surface area (Å²) in [5.41, 5.74) is 0. The molecule has 0 aromatic carbocycles. The zero-order valence-corrected chi connectivity index (χ0v) is 11.2. The van der Waals surface area contributed by atoms with E-state index in [9.17, 15) is 4.79 Å². The summed E-state index contributed by atoms with van der Waals surface area (Å²) >= 11 is 0. The summed E-state index contributed by atoms with van der Waals surface area (Å²) in [6.45, 7) is 6.71. The first kappa shape index (κ1) is 14.4. The van der Waals surface area contributed by atoms with Gasteiger partial charge in [0, 0.05) is 13.1 Å². The molecule has 1 atom stereocenters. The molecule has 1 saturated heterocycles. The normalized spacial score (nSPS) is 18.5. The van der Waals surface area contributed by atoms with E-state index in [1.54, 1.807) is 0 Å². The highest BCUT2D eigenvalue weighted by atomic mass is 16.5. The summed E-state index contributed by atoms with van der Waals surface area (Å²) in [7, 11) is 3.96. The van der Waals surface area contributed by atoms with E-state index in [0.717, 1.165) is 32.6 Å². The third-order valence-corrected chi connectivity index (χ3v) is 3.28. The Morgan fingerprint density at radius 3 is 2.71 bits per heavy atom. The van der Waals surface area contributed by atoms with Gasteiger partial charge < -0.3 is 15.0 Å². The molecule has 5 nitrogen and oxygen atoms in total. The van der Waals surface area contributed by atoms with Gasteiger partial charge in [-0.25, -0.2) is 0 Å². The minimum atomic E-state index is -0.0371. The summed E-state index contributed by atoms with van der Waals surface area (Å²) in [4.78, 5) is 16.2. The SMILES string of the molecule is CNCCCN(C)C(C)C(=O)N1CCOCC1. The fourth-order valence-electron chi connectivity index (χ4n) is 1.94. The van der Waals surface area contributed by atoms with Gasteiger partial charge in [0.05, 0.1) is 19.3 Å². The van der Waals surface area contributed by atoms with Gasteiger partial charge in [0.1, 0.15) is 0 Å². The predicted molar refractivity (Wildman–Crippen MR) is 68.0 cm³/mol. The fourth-order valence-corrected chi connectivity index (χ4v) is 1.94. The first-order valence-corrected chi connectivity index (χ1v) is 6.38. The van der Waals surface area contributed by atoms with Crippen LogP contribution in [0.2, 0.25) is 0 Å². The molecule has 0 bridgehead atoms. The molecule has 17 heavy (non-hydrogen) atoms. The number of carbonyl (C=O) groups is 1. The van der Waals surface area contributed by atoms with E-state index in [4.69, 9.17) is 4.74 Å². The van der Waals surface area contributed by atoms with Crippen molar-refractivity contribution in [2.45, 2.75) is 19.4 Å². The van der Waals surface area contributed by atoms with Crippen molar-refractivity contribution in [2.24, 2.45) is 0 Å². The molecular formula is C12H25N3O2. The highest BCUT2D eigenvalue weighted by Gasteiger charge is 2.24. The van der Waals surface area contributed by atoms with E-state index < -0.39 is 0 Å². The van der Waals surface area contributed by atoms with E-state index in [0.29, 0.717) is 13.2 Å². The Labute approximate surface area is 104 Å². The number of carbonyl (C=O) groups excluding carboxylic acids is 1. The molecule has 1 rings (SSSR count). The Morgan fingerprint density at radius 1 is 1.47 bits per heavy atom. The van der Waals surface area contributed by atoms with E-state index in [1.165, 1.54) is 0 Å². The van der Waals surface area contributed by atoms with Crippen LogP contribution in [0.15, 0.2) is 0 Å². The molecule has 0 spiro atoms. The Kier molecular flexibility index (Phi) is 6.47. The maximum Gasteiger partial charge on any atom is 0.239 e. The first-order valence-electron chi connectivity index (χ1n) is 6.38.